The van der Waals surface area contributed by atoms with E-state index in [1.165, 1.54) is 26.4 Å². The quantitative estimate of drug-likeness (QED) is 0.823. The molecule has 0 spiro atoms. The average Bonchev–Trinajstić information content (AvgIpc) is 2.43. The minimum absolute atomic E-state index is 0.101. The number of aromatic carboxylic acids is 1. The van der Waals surface area contributed by atoms with Gasteiger partial charge in [-0.2, -0.15) is 0 Å². The van der Waals surface area contributed by atoms with Gasteiger partial charge in [-0.05, 0) is 18.1 Å². The first-order valence-corrected chi connectivity index (χ1v) is 6.15. The fourth-order valence-corrected chi connectivity index (χ4v) is 1.49. The van der Waals surface area contributed by atoms with Gasteiger partial charge in [0.05, 0.1) is 26.4 Å². The lowest BCUT2D eigenvalue weighted by Crippen LogP contribution is -2.09. The maximum Gasteiger partial charge on any atom is 0.335 e. The molecule has 1 aromatic rings. The molecule has 0 saturated carbocycles. The van der Waals surface area contributed by atoms with E-state index in [2.05, 4.69) is 13.8 Å². The number of hydrogen-bond acceptors (Lipinski definition) is 4. The van der Waals surface area contributed by atoms with Gasteiger partial charge in [-0.15, -0.1) is 0 Å². The third-order valence-electron chi connectivity index (χ3n) is 2.92. The second-order valence-corrected chi connectivity index (χ2v) is 4.34. The molecule has 0 aliphatic carbocycles. The van der Waals surface area contributed by atoms with Crippen LogP contribution in [0.5, 0.6) is 17.2 Å². The Kier molecular flexibility index (Phi) is 5.48. The Balaban J connectivity index is 3.10. The van der Waals surface area contributed by atoms with Crippen LogP contribution in [0.15, 0.2) is 12.1 Å². The molecule has 0 aliphatic rings. The van der Waals surface area contributed by atoms with Crippen LogP contribution in [-0.4, -0.2) is 31.9 Å². The van der Waals surface area contributed by atoms with Crippen LogP contribution in [0.2, 0.25) is 0 Å². The Labute approximate surface area is 113 Å². The van der Waals surface area contributed by atoms with Crippen LogP contribution in [0.1, 0.15) is 30.6 Å². The van der Waals surface area contributed by atoms with E-state index in [0.29, 0.717) is 29.8 Å². The number of rotatable bonds is 7. The van der Waals surface area contributed by atoms with Crippen LogP contribution in [-0.2, 0) is 0 Å². The molecule has 0 saturated heterocycles. The highest BCUT2D eigenvalue weighted by molar-refractivity contribution is 5.89. The minimum atomic E-state index is -1.04. The number of benzene rings is 1. The van der Waals surface area contributed by atoms with Gasteiger partial charge in [0.25, 0.3) is 0 Å². The van der Waals surface area contributed by atoms with Gasteiger partial charge in [-0.25, -0.2) is 4.79 Å². The van der Waals surface area contributed by atoms with Crippen molar-refractivity contribution in [2.24, 2.45) is 5.92 Å². The molecule has 0 fully saturated rings. The van der Waals surface area contributed by atoms with Crippen LogP contribution in [0.3, 0.4) is 0 Å². The van der Waals surface area contributed by atoms with Gasteiger partial charge in [0, 0.05) is 0 Å². The maximum absolute atomic E-state index is 11.0. The topological polar surface area (TPSA) is 65.0 Å². The van der Waals surface area contributed by atoms with Gasteiger partial charge in [-0.1, -0.05) is 20.3 Å². The standard InChI is InChI=1S/C14H20O5/c1-5-9(2)8-19-13-11(17-3)6-10(14(15)16)7-12(13)18-4/h6-7,9H,5,8H2,1-4H3,(H,15,16). The average molecular weight is 268 g/mol. The van der Waals surface area contributed by atoms with E-state index in [-0.39, 0.29) is 5.56 Å². The zero-order valence-corrected chi connectivity index (χ0v) is 11.7. The Hall–Kier alpha value is -1.91. The van der Waals surface area contributed by atoms with Crippen molar-refractivity contribution in [1.29, 1.82) is 0 Å². The van der Waals surface area contributed by atoms with Crippen molar-refractivity contribution in [1.82, 2.24) is 0 Å². The number of ether oxygens (including phenoxy) is 3. The summed E-state index contributed by atoms with van der Waals surface area (Å²) in [5.74, 6) is 0.522. The molecule has 1 aromatic carbocycles. The molecule has 1 atom stereocenters. The lowest BCUT2D eigenvalue weighted by molar-refractivity contribution is 0.0696. The van der Waals surface area contributed by atoms with Gasteiger partial charge in [0.15, 0.2) is 11.5 Å². The van der Waals surface area contributed by atoms with E-state index in [4.69, 9.17) is 19.3 Å². The lowest BCUT2D eigenvalue weighted by Gasteiger charge is -2.17. The highest BCUT2D eigenvalue weighted by Gasteiger charge is 2.17. The molecule has 5 heteroatoms. The summed E-state index contributed by atoms with van der Waals surface area (Å²) < 4.78 is 16.0. The molecular weight excluding hydrogens is 248 g/mol. The maximum atomic E-state index is 11.0. The zero-order valence-electron chi connectivity index (χ0n) is 11.7. The molecule has 0 amide bonds. The molecule has 0 radical (unpaired) electrons. The first-order valence-electron chi connectivity index (χ1n) is 6.15. The number of carbonyl (C=O) groups is 1. The van der Waals surface area contributed by atoms with Crippen molar-refractivity contribution >= 4 is 5.97 Å². The summed E-state index contributed by atoms with van der Waals surface area (Å²) in [6.07, 6.45) is 0.998. The van der Waals surface area contributed by atoms with Gasteiger partial charge >= 0.3 is 5.97 Å². The van der Waals surface area contributed by atoms with Crippen molar-refractivity contribution in [3.05, 3.63) is 17.7 Å². The van der Waals surface area contributed by atoms with E-state index in [0.717, 1.165) is 6.42 Å². The summed E-state index contributed by atoms with van der Waals surface area (Å²) in [7, 11) is 2.94. The van der Waals surface area contributed by atoms with Gasteiger partial charge in [0.1, 0.15) is 0 Å². The molecule has 106 valence electrons. The molecule has 1 unspecified atom stereocenters. The smallest absolute Gasteiger partial charge is 0.335 e. The predicted molar refractivity (Wildman–Crippen MR) is 71.5 cm³/mol. The highest BCUT2D eigenvalue weighted by Crippen LogP contribution is 2.38. The first-order chi connectivity index (χ1) is 9.03. The Bertz CT molecular complexity index is 416. The molecule has 19 heavy (non-hydrogen) atoms. The Morgan fingerprint density at radius 3 is 2.16 bits per heavy atom. The van der Waals surface area contributed by atoms with Crippen LogP contribution in [0, 0.1) is 5.92 Å². The number of carboxylic acid groups (broad SMARTS) is 1. The highest BCUT2D eigenvalue weighted by atomic mass is 16.5. The summed E-state index contributed by atoms with van der Waals surface area (Å²) in [6, 6.07) is 2.85. The first kappa shape index (κ1) is 15.1. The number of methoxy groups -OCH3 is 2. The minimum Gasteiger partial charge on any atom is -0.493 e. The SMILES string of the molecule is CCC(C)COc1c(OC)cc(C(=O)O)cc1OC. The monoisotopic (exact) mass is 268 g/mol. The molecule has 0 aromatic heterocycles. The summed E-state index contributed by atoms with van der Waals surface area (Å²) in [4.78, 5) is 11.0. The number of carboxylic acids is 1. The Morgan fingerprint density at radius 1 is 1.26 bits per heavy atom. The van der Waals surface area contributed by atoms with E-state index < -0.39 is 5.97 Å². The van der Waals surface area contributed by atoms with E-state index in [1.807, 2.05) is 0 Å². The summed E-state index contributed by atoms with van der Waals surface area (Å²) in [5.41, 5.74) is 0.101. The molecule has 0 aliphatic heterocycles. The lowest BCUT2D eigenvalue weighted by atomic mass is 10.1. The third kappa shape index (κ3) is 3.77. The molecular formula is C14H20O5. The van der Waals surface area contributed by atoms with Crippen molar-refractivity contribution in [2.75, 3.05) is 20.8 Å². The largest absolute Gasteiger partial charge is 0.493 e. The predicted octanol–water partition coefficient (Wildman–Crippen LogP) is 2.83. The number of hydrogen-bond donors (Lipinski definition) is 1. The molecule has 5 nitrogen and oxygen atoms in total. The van der Waals surface area contributed by atoms with Crippen molar-refractivity contribution in [2.45, 2.75) is 20.3 Å². The van der Waals surface area contributed by atoms with Crippen LogP contribution in [0.25, 0.3) is 0 Å². The third-order valence-corrected chi connectivity index (χ3v) is 2.92. The van der Waals surface area contributed by atoms with E-state index >= 15 is 0 Å². The normalized spacial score (nSPS) is 11.8. The van der Waals surface area contributed by atoms with Gasteiger partial charge in [-0.3, -0.25) is 0 Å². The molecule has 0 bridgehead atoms. The summed E-state index contributed by atoms with van der Waals surface area (Å²) in [5, 5.41) is 9.02. The summed E-state index contributed by atoms with van der Waals surface area (Å²) >= 11 is 0. The van der Waals surface area contributed by atoms with Crippen LogP contribution in [0.4, 0.5) is 0 Å². The van der Waals surface area contributed by atoms with Crippen LogP contribution < -0.4 is 14.2 Å². The van der Waals surface area contributed by atoms with Crippen LogP contribution >= 0.6 is 0 Å². The van der Waals surface area contributed by atoms with Crippen molar-refractivity contribution in [3.63, 3.8) is 0 Å². The van der Waals surface area contributed by atoms with Gasteiger partial charge in [0.2, 0.25) is 5.75 Å². The fourth-order valence-electron chi connectivity index (χ4n) is 1.49. The second-order valence-electron chi connectivity index (χ2n) is 4.34. The van der Waals surface area contributed by atoms with Crippen molar-refractivity contribution < 1.29 is 24.1 Å². The van der Waals surface area contributed by atoms with Crippen molar-refractivity contribution in [3.8, 4) is 17.2 Å². The fraction of sp³-hybridized carbons (Fsp3) is 0.500. The van der Waals surface area contributed by atoms with E-state index in [9.17, 15) is 4.79 Å². The molecule has 1 rings (SSSR count). The molecule has 0 heterocycles. The zero-order chi connectivity index (χ0) is 14.4. The summed E-state index contributed by atoms with van der Waals surface area (Å²) in [6.45, 7) is 4.68. The van der Waals surface area contributed by atoms with E-state index in [1.54, 1.807) is 0 Å². The molecule has 1 N–H and O–H groups in total. The second kappa shape index (κ2) is 6.87. The van der Waals surface area contributed by atoms with Gasteiger partial charge < -0.3 is 19.3 Å². The Morgan fingerprint density at radius 2 is 1.79 bits per heavy atom.